The normalized spacial score (nSPS) is 10.3. The molecule has 0 saturated heterocycles. The summed E-state index contributed by atoms with van der Waals surface area (Å²) in [6.45, 7) is 0.969. The molecule has 0 unspecified atom stereocenters. The first-order valence-electron chi connectivity index (χ1n) is 6.38. The summed E-state index contributed by atoms with van der Waals surface area (Å²) in [7, 11) is 0. The van der Waals surface area contributed by atoms with E-state index in [1.165, 1.54) is 12.0 Å². The Labute approximate surface area is 114 Å². The highest BCUT2D eigenvalue weighted by molar-refractivity contribution is 6.33. The third-order valence-corrected chi connectivity index (χ3v) is 3.25. The van der Waals surface area contributed by atoms with E-state index < -0.39 is 0 Å². The van der Waals surface area contributed by atoms with Crippen molar-refractivity contribution in [1.29, 1.82) is 0 Å². The van der Waals surface area contributed by atoms with Gasteiger partial charge in [-0.25, -0.2) is 0 Å². The molecular formula is C16H18ClN. The van der Waals surface area contributed by atoms with Gasteiger partial charge in [-0.15, -0.1) is 0 Å². The van der Waals surface area contributed by atoms with Crippen molar-refractivity contribution >= 4 is 17.3 Å². The molecule has 0 aliphatic carbocycles. The fourth-order valence-electron chi connectivity index (χ4n) is 1.93. The summed E-state index contributed by atoms with van der Waals surface area (Å²) < 4.78 is 0. The van der Waals surface area contributed by atoms with E-state index in [2.05, 4.69) is 35.6 Å². The van der Waals surface area contributed by atoms with E-state index in [-0.39, 0.29) is 0 Å². The van der Waals surface area contributed by atoms with Gasteiger partial charge in [-0.05, 0) is 37.0 Å². The highest BCUT2D eigenvalue weighted by Crippen LogP contribution is 2.20. The lowest BCUT2D eigenvalue weighted by atomic mass is 10.1. The SMILES string of the molecule is Clc1ccccc1NCCCCc1ccccc1. The van der Waals surface area contributed by atoms with Crippen molar-refractivity contribution in [3.8, 4) is 0 Å². The molecule has 0 heterocycles. The minimum absolute atomic E-state index is 0.792. The van der Waals surface area contributed by atoms with E-state index in [1.54, 1.807) is 0 Å². The Hall–Kier alpha value is -1.47. The number of hydrogen-bond acceptors (Lipinski definition) is 1. The number of para-hydroxylation sites is 1. The summed E-state index contributed by atoms with van der Waals surface area (Å²) >= 11 is 6.07. The molecule has 2 heteroatoms. The summed E-state index contributed by atoms with van der Waals surface area (Å²) in [6.07, 6.45) is 3.49. The molecule has 2 rings (SSSR count). The second kappa shape index (κ2) is 7.07. The van der Waals surface area contributed by atoms with E-state index in [1.807, 2.05) is 24.3 Å². The average Bonchev–Trinajstić information content (AvgIpc) is 2.42. The zero-order chi connectivity index (χ0) is 12.6. The summed E-state index contributed by atoms with van der Waals surface area (Å²) in [5, 5.41) is 4.16. The van der Waals surface area contributed by atoms with Gasteiger partial charge in [0.05, 0.1) is 10.7 Å². The number of rotatable bonds is 6. The Bertz CT molecular complexity index is 468. The van der Waals surface area contributed by atoms with Crippen molar-refractivity contribution in [2.24, 2.45) is 0 Å². The van der Waals surface area contributed by atoms with Crippen LogP contribution in [0.3, 0.4) is 0 Å². The van der Waals surface area contributed by atoms with Gasteiger partial charge in [0, 0.05) is 6.54 Å². The maximum Gasteiger partial charge on any atom is 0.0637 e. The van der Waals surface area contributed by atoms with Crippen LogP contribution in [0.2, 0.25) is 5.02 Å². The molecule has 0 aromatic heterocycles. The molecule has 0 fully saturated rings. The van der Waals surface area contributed by atoms with Crippen LogP contribution in [0.4, 0.5) is 5.69 Å². The average molecular weight is 260 g/mol. The fraction of sp³-hybridized carbons (Fsp3) is 0.250. The van der Waals surface area contributed by atoms with Gasteiger partial charge in [-0.1, -0.05) is 54.1 Å². The summed E-state index contributed by atoms with van der Waals surface area (Å²) in [6, 6.07) is 18.5. The van der Waals surface area contributed by atoms with Gasteiger partial charge in [-0.3, -0.25) is 0 Å². The number of nitrogens with one attached hydrogen (secondary N) is 1. The second-order valence-corrected chi connectivity index (χ2v) is 4.76. The fourth-order valence-corrected chi connectivity index (χ4v) is 2.13. The molecule has 18 heavy (non-hydrogen) atoms. The first-order valence-corrected chi connectivity index (χ1v) is 6.76. The van der Waals surface area contributed by atoms with Crippen molar-refractivity contribution in [3.05, 3.63) is 65.2 Å². The van der Waals surface area contributed by atoms with Crippen molar-refractivity contribution in [1.82, 2.24) is 0 Å². The van der Waals surface area contributed by atoms with Crippen LogP contribution >= 0.6 is 11.6 Å². The van der Waals surface area contributed by atoms with E-state index in [0.29, 0.717) is 0 Å². The standard InChI is InChI=1S/C16H18ClN/c17-15-11-4-5-12-16(15)18-13-7-6-10-14-8-2-1-3-9-14/h1-5,8-9,11-12,18H,6-7,10,13H2. The molecule has 1 N–H and O–H groups in total. The van der Waals surface area contributed by atoms with Gasteiger partial charge < -0.3 is 5.32 Å². The van der Waals surface area contributed by atoms with Crippen molar-refractivity contribution in [2.45, 2.75) is 19.3 Å². The maximum atomic E-state index is 6.07. The summed E-state index contributed by atoms with van der Waals surface area (Å²) in [5.41, 5.74) is 2.44. The van der Waals surface area contributed by atoms with Crippen LogP contribution in [0.1, 0.15) is 18.4 Å². The van der Waals surface area contributed by atoms with Crippen LogP contribution < -0.4 is 5.32 Å². The number of aryl methyl sites for hydroxylation is 1. The second-order valence-electron chi connectivity index (χ2n) is 4.35. The third-order valence-electron chi connectivity index (χ3n) is 2.92. The summed E-state index contributed by atoms with van der Waals surface area (Å²) in [5.74, 6) is 0. The van der Waals surface area contributed by atoms with Crippen LogP contribution in [0.5, 0.6) is 0 Å². The number of halogens is 1. The smallest absolute Gasteiger partial charge is 0.0637 e. The van der Waals surface area contributed by atoms with Gasteiger partial charge in [0.2, 0.25) is 0 Å². The van der Waals surface area contributed by atoms with Gasteiger partial charge in [-0.2, -0.15) is 0 Å². The summed E-state index contributed by atoms with van der Waals surface area (Å²) in [4.78, 5) is 0. The van der Waals surface area contributed by atoms with Crippen LogP contribution in [0, 0.1) is 0 Å². The monoisotopic (exact) mass is 259 g/mol. The molecule has 0 spiro atoms. The molecular weight excluding hydrogens is 242 g/mol. The Balaban J connectivity index is 1.66. The van der Waals surface area contributed by atoms with E-state index in [0.717, 1.165) is 30.1 Å². The van der Waals surface area contributed by atoms with E-state index in [4.69, 9.17) is 11.6 Å². The van der Waals surface area contributed by atoms with Gasteiger partial charge in [0.15, 0.2) is 0 Å². The number of anilines is 1. The molecule has 2 aromatic carbocycles. The van der Waals surface area contributed by atoms with Crippen molar-refractivity contribution < 1.29 is 0 Å². The predicted octanol–water partition coefficient (Wildman–Crippen LogP) is 4.77. The molecule has 0 amide bonds. The van der Waals surface area contributed by atoms with E-state index in [9.17, 15) is 0 Å². The molecule has 0 bridgehead atoms. The molecule has 1 nitrogen and oxygen atoms in total. The van der Waals surface area contributed by atoms with Gasteiger partial charge in [0.1, 0.15) is 0 Å². The molecule has 0 atom stereocenters. The first-order chi connectivity index (χ1) is 8.86. The molecule has 0 aliphatic rings. The zero-order valence-electron chi connectivity index (χ0n) is 10.4. The molecule has 0 saturated carbocycles. The van der Waals surface area contributed by atoms with Crippen molar-refractivity contribution in [2.75, 3.05) is 11.9 Å². The number of hydrogen-bond donors (Lipinski definition) is 1. The largest absolute Gasteiger partial charge is 0.384 e. The third kappa shape index (κ3) is 4.08. The highest BCUT2D eigenvalue weighted by atomic mass is 35.5. The first kappa shape index (κ1) is 13.0. The van der Waals surface area contributed by atoms with Crippen LogP contribution in [0.25, 0.3) is 0 Å². The van der Waals surface area contributed by atoms with Crippen molar-refractivity contribution in [3.63, 3.8) is 0 Å². The Morgan fingerprint density at radius 2 is 1.56 bits per heavy atom. The van der Waals surface area contributed by atoms with Gasteiger partial charge in [0.25, 0.3) is 0 Å². The quantitative estimate of drug-likeness (QED) is 0.737. The lowest BCUT2D eigenvalue weighted by molar-refractivity contribution is 0.763. The predicted molar refractivity (Wildman–Crippen MR) is 79.3 cm³/mol. The van der Waals surface area contributed by atoms with Gasteiger partial charge >= 0.3 is 0 Å². The van der Waals surface area contributed by atoms with Crippen LogP contribution in [-0.4, -0.2) is 6.54 Å². The lowest BCUT2D eigenvalue weighted by Crippen LogP contribution is -2.02. The van der Waals surface area contributed by atoms with Crippen LogP contribution in [-0.2, 0) is 6.42 Å². The molecule has 0 aliphatic heterocycles. The minimum Gasteiger partial charge on any atom is -0.384 e. The van der Waals surface area contributed by atoms with Crippen LogP contribution in [0.15, 0.2) is 54.6 Å². The maximum absolute atomic E-state index is 6.07. The van der Waals surface area contributed by atoms with E-state index >= 15 is 0 Å². The zero-order valence-corrected chi connectivity index (χ0v) is 11.2. The number of unbranched alkanes of at least 4 members (excludes halogenated alkanes) is 1. The Morgan fingerprint density at radius 1 is 0.833 bits per heavy atom. The molecule has 2 aromatic rings. The Kier molecular flexibility index (Phi) is 5.10. The highest BCUT2D eigenvalue weighted by Gasteiger charge is 1.97. The molecule has 0 radical (unpaired) electrons. The minimum atomic E-state index is 0.792. The topological polar surface area (TPSA) is 12.0 Å². The molecule has 94 valence electrons. The number of benzene rings is 2. The lowest BCUT2D eigenvalue weighted by Gasteiger charge is -2.07. The Morgan fingerprint density at radius 3 is 2.33 bits per heavy atom.